The van der Waals surface area contributed by atoms with E-state index in [-0.39, 0.29) is 0 Å². The molecule has 0 fully saturated rings. The van der Waals surface area contributed by atoms with Crippen molar-refractivity contribution < 1.29 is 9.90 Å². The van der Waals surface area contributed by atoms with E-state index in [0.717, 1.165) is 42.9 Å². The number of rotatable bonds is 3. The summed E-state index contributed by atoms with van der Waals surface area (Å²) in [6.45, 7) is 5.01. The Hall–Kier alpha value is -0.580. The van der Waals surface area contributed by atoms with E-state index in [1.807, 2.05) is 0 Å². The van der Waals surface area contributed by atoms with Crippen LogP contribution < -0.4 is 0 Å². The number of carboxylic acid groups (broad SMARTS) is 1. The van der Waals surface area contributed by atoms with Gasteiger partial charge in [0.25, 0.3) is 0 Å². The Labute approximate surface area is 104 Å². The number of nitrogens with zero attached hydrogens (tertiary/aromatic N) is 1. The molecule has 88 valence electrons. The molecule has 0 amide bonds. The van der Waals surface area contributed by atoms with Crippen molar-refractivity contribution >= 4 is 28.9 Å². The fraction of sp³-hybridized carbons (Fsp3) is 0.545. The molecule has 1 N–H and O–H groups in total. The summed E-state index contributed by atoms with van der Waals surface area (Å²) in [6.07, 6.45) is 1.93. The maximum atomic E-state index is 11.1. The minimum atomic E-state index is -0.897. The molecule has 0 unspecified atom stereocenters. The summed E-state index contributed by atoms with van der Waals surface area (Å²) < 4.78 is 0.427. The van der Waals surface area contributed by atoms with Crippen LogP contribution in [0, 0.1) is 0 Å². The molecule has 1 aliphatic rings. The van der Waals surface area contributed by atoms with Crippen LogP contribution in [0.4, 0.5) is 0 Å². The first-order valence-electron chi connectivity index (χ1n) is 5.39. The molecule has 3 nitrogen and oxygen atoms in total. The maximum absolute atomic E-state index is 11.1. The van der Waals surface area contributed by atoms with E-state index in [1.54, 1.807) is 0 Å². The molecule has 0 saturated heterocycles. The monoisotopic (exact) mass is 259 g/mol. The van der Waals surface area contributed by atoms with E-state index < -0.39 is 5.97 Å². The third-order valence-corrected chi connectivity index (χ3v) is 4.27. The second-order valence-electron chi connectivity index (χ2n) is 3.98. The van der Waals surface area contributed by atoms with Gasteiger partial charge in [0.15, 0.2) is 0 Å². The predicted molar refractivity (Wildman–Crippen MR) is 65.6 cm³/mol. The number of hydrogen-bond acceptors (Lipinski definition) is 3. The van der Waals surface area contributed by atoms with Gasteiger partial charge >= 0.3 is 5.97 Å². The minimum Gasteiger partial charge on any atom is -0.478 e. The number of aromatic carboxylic acids is 1. The van der Waals surface area contributed by atoms with Crippen molar-refractivity contribution in [3.63, 3.8) is 0 Å². The normalized spacial score (nSPS) is 16.1. The van der Waals surface area contributed by atoms with Gasteiger partial charge in [-0.05, 0) is 24.9 Å². The van der Waals surface area contributed by atoms with Gasteiger partial charge in [0.05, 0.1) is 5.56 Å². The van der Waals surface area contributed by atoms with Gasteiger partial charge in [0.2, 0.25) is 0 Å². The van der Waals surface area contributed by atoms with E-state index in [4.69, 9.17) is 16.7 Å². The number of thiophene rings is 1. The number of fused-ring (bicyclic) bond motifs is 1. The number of carbonyl (C=O) groups is 1. The average Bonchev–Trinajstić information content (AvgIpc) is 2.53. The zero-order chi connectivity index (χ0) is 11.7. The number of hydrogen-bond donors (Lipinski definition) is 1. The van der Waals surface area contributed by atoms with Gasteiger partial charge in [0.1, 0.15) is 4.34 Å². The average molecular weight is 260 g/mol. The molecule has 0 radical (unpaired) electrons. The predicted octanol–water partition coefficient (Wildman–Crippen LogP) is 2.87. The van der Waals surface area contributed by atoms with E-state index in [9.17, 15) is 4.79 Å². The lowest BCUT2D eigenvalue weighted by molar-refractivity contribution is 0.0695. The number of halogens is 1. The van der Waals surface area contributed by atoms with Crippen molar-refractivity contribution in [1.29, 1.82) is 0 Å². The number of carboxylic acids is 1. The van der Waals surface area contributed by atoms with Crippen LogP contribution in [-0.4, -0.2) is 29.1 Å². The Morgan fingerprint density at radius 3 is 3.00 bits per heavy atom. The third-order valence-electron chi connectivity index (χ3n) is 2.85. The van der Waals surface area contributed by atoms with E-state index >= 15 is 0 Å². The second kappa shape index (κ2) is 4.73. The van der Waals surface area contributed by atoms with Crippen molar-refractivity contribution in [2.45, 2.75) is 26.3 Å². The highest BCUT2D eigenvalue weighted by Gasteiger charge is 2.26. The van der Waals surface area contributed by atoms with Gasteiger partial charge < -0.3 is 5.11 Å². The Morgan fingerprint density at radius 2 is 2.38 bits per heavy atom. The van der Waals surface area contributed by atoms with Crippen molar-refractivity contribution in [3.8, 4) is 0 Å². The summed E-state index contributed by atoms with van der Waals surface area (Å²) in [5.41, 5.74) is 1.28. The van der Waals surface area contributed by atoms with Crippen LogP contribution in [0.1, 0.15) is 34.1 Å². The van der Waals surface area contributed by atoms with Crippen LogP contribution in [0.2, 0.25) is 4.34 Å². The third kappa shape index (κ3) is 2.10. The highest BCUT2D eigenvalue weighted by atomic mass is 35.5. The van der Waals surface area contributed by atoms with Gasteiger partial charge in [0, 0.05) is 18.0 Å². The topological polar surface area (TPSA) is 40.5 Å². The minimum absolute atomic E-state index is 0.331. The summed E-state index contributed by atoms with van der Waals surface area (Å²) in [6, 6.07) is 0. The van der Waals surface area contributed by atoms with Crippen LogP contribution in [0.25, 0.3) is 0 Å². The fourth-order valence-electron chi connectivity index (χ4n) is 2.14. The van der Waals surface area contributed by atoms with Crippen LogP contribution in [0.5, 0.6) is 0 Å². The Morgan fingerprint density at radius 1 is 1.62 bits per heavy atom. The standard InChI is InChI=1S/C11H14ClNO2S/c1-2-4-13-5-3-7-8(6-13)16-10(12)9(7)11(14)15/h2-6H2,1H3,(H,14,15). The first-order valence-corrected chi connectivity index (χ1v) is 6.58. The summed E-state index contributed by atoms with van der Waals surface area (Å²) in [5, 5.41) is 9.09. The molecule has 0 atom stereocenters. The molecule has 5 heteroatoms. The SMILES string of the molecule is CCCN1CCc2c(sc(Cl)c2C(=O)O)C1. The van der Waals surface area contributed by atoms with Crippen LogP contribution in [0.15, 0.2) is 0 Å². The van der Waals surface area contributed by atoms with E-state index in [2.05, 4.69) is 11.8 Å². The molecule has 0 bridgehead atoms. The van der Waals surface area contributed by atoms with Gasteiger partial charge in [-0.3, -0.25) is 4.90 Å². The highest BCUT2D eigenvalue weighted by molar-refractivity contribution is 7.16. The van der Waals surface area contributed by atoms with Crippen LogP contribution in [-0.2, 0) is 13.0 Å². The fourth-order valence-corrected chi connectivity index (χ4v) is 3.72. The zero-order valence-corrected chi connectivity index (χ0v) is 10.7. The summed E-state index contributed by atoms with van der Waals surface area (Å²) in [7, 11) is 0. The highest BCUT2D eigenvalue weighted by Crippen LogP contribution is 2.36. The molecule has 1 aromatic heterocycles. The van der Waals surface area contributed by atoms with Crippen molar-refractivity contribution in [2.75, 3.05) is 13.1 Å². The smallest absolute Gasteiger partial charge is 0.338 e. The van der Waals surface area contributed by atoms with Gasteiger partial charge in [-0.1, -0.05) is 18.5 Å². The molecule has 16 heavy (non-hydrogen) atoms. The molecule has 0 aliphatic carbocycles. The van der Waals surface area contributed by atoms with Gasteiger partial charge in [-0.25, -0.2) is 4.79 Å². The summed E-state index contributed by atoms with van der Waals surface area (Å²) in [5.74, 6) is -0.897. The molecule has 1 aliphatic heterocycles. The Kier molecular flexibility index (Phi) is 3.52. The zero-order valence-electron chi connectivity index (χ0n) is 9.12. The molecule has 0 saturated carbocycles. The summed E-state index contributed by atoms with van der Waals surface area (Å²) >= 11 is 7.39. The largest absolute Gasteiger partial charge is 0.478 e. The lowest BCUT2D eigenvalue weighted by Gasteiger charge is -2.26. The van der Waals surface area contributed by atoms with Crippen molar-refractivity contribution in [1.82, 2.24) is 4.90 Å². The maximum Gasteiger partial charge on any atom is 0.338 e. The van der Waals surface area contributed by atoms with Gasteiger partial charge in [-0.15, -0.1) is 11.3 Å². The first kappa shape index (κ1) is 11.9. The molecule has 0 aromatic carbocycles. The molecule has 2 rings (SSSR count). The van der Waals surface area contributed by atoms with E-state index in [1.165, 1.54) is 11.3 Å². The van der Waals surface area contributed by atoms with Crippen LogP contribution in [0.3, 0.4) is 0 Å². The quantitative estimate of drug-likeness (QED) is 0.908. The first-order chi connectivity index (χ1) is 7.63. The second-order valence-corrected chi connectivity index (χ2v) is 5.69. The van der Waals surface area contributed by atoms with Crippen LogP contribution >= 0.6 is 22.9 Å². The molecular formula is C11H14ClNO2S. The molecule has 1 aromatic rings. The molecule has 2 heterocycles. The lowest BCUT2D eigenvalue weighted by Crippen LogP contribution is -2.30. The van der Waals surface area contributed by atoms with Gasteiger partial charge in [-0.2, -0.15) is 0 Å². The molecule has 0 spiro atoms. The summed E-state index contributed by atoms with van der Waals surface area (Å²) in [4.78, 5) is 14.5. The molecular weight excluding hydrogens is 246 g/mol. The Balaban J connectivity index is 2.28. The van der Waals surface area contributed by atoms with E-state index in [0.29, 0.717) is 9.90 Å². The Bertz CT molecular complexity index is 416. The lowest BCUT2D eigenvalue weighted by atomic mass is 10.0. The van der Waals surface area contributed by atoms with Crippen molar-refractivity contribution in [2.24, 2.45) is 0 Å². The van der Waals surface area contributed by atoms with Crippen molar-refractivity contribution in [3.05, 3.63) is 20.3 Å².